The Kier molecular flexibility index (Phi) is 6.25. The Morgan fingerprint density at radius 2 is 1.71 bits per heavy atom. The summed E-state index contributed by atoms with van der Waals surface area (Å²) >= 11 is 0. The van der Waals surface area contributed by atoms with Crippen LogP contribution in [-0.2, 0) is 4.79 Å². The van der Waals surface area contributed by atoms with Gasteiger partial charge in [-0.05, 0) is 30.7 Å². The number of nitrogens with zero attached hydrogens (tertiary/aromatic N) is 2. The number of hydrogen-bond donors (Lipinski definition) is 2. The summed E-state index contributed by atoms with van der Waals surface area (Å²) in [4.78, 5) is 28.3. The smallest absolute Gasteiger partial charge is 0.272 e. The van der Waals surface area contributed by atoms with E-state index in [1.165, 1.54) is 6.20 Å². The minimum absolute atomic E-state index is 0.0659. The number of carbonyl (C=O) groups is 2. The predicted molar refractivity (Wildman–Crippen MR) is 110 cm³/mol. The lowest BCUT2D eigenvalue weighted by Gasteiger charge is -2.11. The monoisotopic (exact) mass is 372 g/mol. The molecular formula is C22H20N4O2. The number of aromatic nitrogens is 1. The van der Waals surface area contributed by atoms with Crippen LogP contribution in [0.15, 0.2) is 84.2 Å². The zero-order valence-corrected chi connectivity index (χ0v) is 15.4. The van der Waals surface area contributed by atoms with E-state index in [1.807, 2.05) is 54.6 Å². The summed E-state index contributed by atoms with van der Waals surface area (Å²) in [5, 5.41) is 6.91. The van der Waals surface area contributed by atoms with Gasteiger partial charge in [0.15, 0.2) is 0 Å². The molecule has 0 unspecified atom stereocenters. The molecule has 6 nitrogen and oxygen atoms in total. The summed E-state index contributed by atoms with van der Waals surface area (Å²) in [5.74, 6) is -0.581. The normalized spacial score (nSPS) is 11.0. The van der Waals surface area contributed by atoms with Crippen LogP contribution >= 0.6 is 0 Å². The summed E-state index contributed by atoms with van der Waals surface area (Å²) in [6, 6.07) is 20.8. The van der Waals surface area contributed by atoms with Crippen molar-refractivity contribution < 1.29 is 9.59 Å². The summed E-state index contributed by atoms with van der Waals surface area (Å²) in [5.41, 5.74) is 6.02. The predicted octanol–water partition coefficient (Wildman–Crippen LogP) is 3.88. The summed E-state index contributed by atoms with van der Waals surface area (Å²) in [6.07, 6.45) is 3.10. The Labute approximate surface area is 163 Å². The zero-order chi connectivity index (χ0) is 19.8. The first-order valence-corrected chi connectivity index (χ1v) is 8.81. The van der Waals surface area contributed by atoms with Gasteiger partial charge in [0.2, 0.25) is 5.91 Å². The molecule has 0 aliphatic carbocycles. The first kappa shape index (κ1) is 19.0. The van der Waals surface area contributed by atoms with Crippen LogP contribution in [0.1, 0.15) is 23.7 Å². The second kappa shape index (κ2) is 9.23. The van der Waals surface area contributed by atoms with Gasteiger partial charge in [0.05, 0.1) is 12.0 Å². The van der Waals surface area contributed by atoms with Gasteiger partial charge in [-0.2, -0.15) is 5.10 Å². The summed E-state index contributed by atoms with van der Waals surface area (Å²) in [7, 11) is 0. The maximum Gasteiger partial charge on any atom is 0.272 e. The number of pyridine rings is 1. The van der Waals surface area contributed by atoms with E-state index in [9.17, 15) is 9.59 Å². The van der Waals surface area contributed by atoms with Gasteiger partial charge in [0.1, 0.15) is 0 Å². The van der Waals surface area contributed by atoms with Crippen molar-refractivity contribution in [2.45, 2.75) is 13.3 Å². The van der Waals surface area contributed by atoms with Crippen molar-refractivity contribution in [2.75, 3.05) is 5.32 Å². The van der Waals surface area contributed by atoms with Gasteiger partial charge in [-0.15, -0.1) is 0 Å². The van der Waals surface area contributed by atoms with Crippen LogP contribution in [-0.4, -0.2) is 22.5 Å². The quantitative estimate of drug-likeness (QED) is 0.509. The minimum Gasteiger partial charge on any atom is -0.325 e. The fourth-order valence-electron chi connectivity index (χ4n) is 2.64. The SMILES string of the molecule is C/C(CC(=O)Nc1ccccc1-c1ccccc1)=N/NC(=O)c1cccnc1. The molecule has 1 aromatic heterocycles. The van der Waals surface area contributed by atoms with Crippen molar-refractivity contribution in [3.8, 4) is 11.1 Å². The lowest BCUT2D eigenvalue weighted by molar-refractivity contribution is -0.115. The van der Waals surface area contributed by atoms with Gasteiger partial charge in [-0.3, -0.25) is 14.6 Å². The molecule has 3 aromatic rings. The number of para-hydroxylation sites is 1. The highest BCUT2D eigenvalue weighted by Crippen LogP contribution is 2.27. The maximum absolute atomic E-state index is 12.4. The molecule has 2 aromatic carbocycles. The lowest BCUT2D eigenvalue weighted by Crippen LogP contribution is -2.21. The van der Waals surface area contributed by atoms with E-state index >= 15 is 0 Å². The molecule has 2 N–H and O–H groups in total. The summed E-state index contributed by atoms with van der Waals surface area (Å²) in [6.45, 7) is 1.69. The zero-order valence-electron chi connectivity index (χ0n) is 15.4. The number of hydrazone groups is 1. The van der Waals surface area contributed by atoms with Gasteiger partial charge in [-0.1, -0.05) is 48.5 Å². The van der Waals surface area contributed by atoms with Crippen LogP contribution in [0.3, 0.4) is 0 Å². The lowest BCUT2D eigenvalue weighted by atomic mass is 10.0. The van der Waals surface area contributed by atoms with Crippen molar-refractivity contribution in [3.05, 3.63) is 84.7 Å². The van der Waals surface area contributed by atoms with E-state index in [4.69, 9.17) is 0 Å². The van der Waals surface area contributed by atoms with Crippen molar-refractivity contribution in [1.29, 1.82) is 0 Å². The number of amides is 2. The van der Waals surface area contributed by atoms with E-state index in [1.54, 1.807) is 25.3 Å². The van der Waals surface area contributed by atoms with Crippen LogP contribution < -0.4 is 10.7 Å². The van der Waals surface area contributed by atoms with Crippen LogP contribution in [0.4, 0.5) is 5.69 Å². The third-order valence-corrected chi connectivity index (χ3v) is 3.97. The molecule has 0 atom stereocenters. The van der Waals surface area contributed by atoms with Gasteiger partial charge in [-0.25, -0.2) is 5.43 Å². The second-order valence-electron chi connectivity index (χ2n) is 6.17. The molecule has 3 rings (SSSR count). The second-order valence-corrected chi connectivity index (χ2v) is 6.17. The molecule has 140 valence electrons. The first-order valence-electron chi connectivity index (χ1n) is 8.81. The highest BCUT2D eigenvalue weighted by atomic mass is 16.2. The molecular weight excluding hydrogens is 352 g/mol. The largest absolute Gasteiger partial charge is 0.325 e. The molecule has 0 bridgehead atoms. The van der Waals surface area contributed by atoms with Crippen LogP contribution in [0.5, 0.6) is 0 Å². The van der Waals surface area contributed by atoms with Crippen LogP contribution in [0.2, 0.25) is 0 Å². The highest BCUT2D eigenvalue weighted by molar-refractivity contribution is 6.07. The van der Waals surface area contributed by atoms with Gasteiger partial charge >= 0.3 is 0 Å². The van der Waals surface area contributed by atoms with Crippen LogP contribution in [0.25, 0.3) is 11.1 Å². The Balaban J connectivity index is 1.62. The number of rotatable bonds is 6. The average Bonchev–Trinajstić information content (AvgIpc) is 2.73. The van der Waals surface area contributed by atoms with E-state index < -0.39 is 0 Å². The first-order chi connectivity index (χ1) is 13.6. The summed E-state index contributed by atoms with van der Waals surface area (Å²) < 4.78 is 0. The molecule has 6 heteroatoms. The van der Waals surface area contributed by atoms with Gasteiger partial charge in [0.25, 0.3) is 5.91 Å². The fourth-order valence-corrected chi connectivity index (χ4v) is 2.64. The van der Waals surface area contributed by atoms with Gasteiger partial charge in [0, 0.05) is 29.4 Å². The van der Waals surface area contributed by atoms with E-state index in [0.717, 1.165) is 16.8 Å². The number of anilines is 1. The molecule has 0 radical (unpaired) electrons. The molecule has 0 aliphatic heterocycles. The topological polar surface area (TPSA) is 83.5 Å². The Morgan fingerprint density at radius 3 is 2.46 bits per heavy atom. The molecule has 2 amide bonds. The molecule has 0 saturated carbocycles. The molecule has 0 spiro atoms. The Bertz CT molecular complexity index is 986. The standard InChI is InChI=1S/C22H20N4O2/c1-16(25-26-22(28)18-10-7-13-23-15-18)14-21(27)24-20-12-6-5-11-19(20)17-8-3-2-4-9-17/h2-13,15H,14H2,1H3,(H,24,27)(H,26,28)/b25-16-. The van der Waals surface area contributed by atoms with Crippen molar-refractivity contribution >= 4 is 23.2 Å². The molecule has 0 aliphatic rings. The third kappa shape index (κ3) is 5.11. The van der Waals surface area contributed by atoms with E-state index in [-0.39, 0.29) is 18.2 Å². The van der Waals surface area contributed by atoms with E-state index in [2.05, 4.69) is 20.8 Å². The highest BCUT2D eigenvalue weighted by Gasteiger charge is 2.10. The number of hydrogen-bond acceptors (Lipinski definition) is 4. The average molecular weight is 372 g/mol. The maximum atomic E-state index is 12.4. The minimum atomic E-state index is -0.373. The van der Waals surface area contributed by atoms with Crippen molar-refractivity contribution in [1.82, 2.24) is 10.4 Å². The number of nitrogens with one attached hydrogen (secondary N) is 2. The Hall–Kier alpha value is -3.80. The Morgan fingerprint density at radius 1 is 0.964 bits per heavy atom. The molecule has 28 heavy (non-hydrogen) atoms. The van der Waals surface area contributed by atoms with Crippen molar-refractivity contribution in [2.24, 2.45) is 5.10 Å². The van der Waals surface area contributed by atoms with Crippen molar-refractivity contribution in [3.63, 3.8) is 0 Å². The molecule has 1 heterocycles. The molecule has 0 fully saturated rings. The fraction of sp³-hybridized carbons (Fsp3) is 0.0909. The number of carbonyl (C=O) groups excluding carboxylic acids is 2. The van der Waals surface area contributed by atoms with Crippen LogP contribution in [0, 0.1) is 0 Å². The van der Waals surface area contributed by atoms with Gasteiger partial charge < -0.3 is 5.32 Å². The number of benzene rings is 2. The molecule has 0 saturated heterocycles. The van der Waals surface area contributed by atoms with E-state index in [0.29, 0.717) is 11.3 Å². The third-order valence-electron chi connectivity index (χ3n) is 3.97.